The average Bonchev–Trinajstić information content (AvgIpc) is 2.16. The molecule has 0 spiro atoms. The average molecular weight is 230 g/mol. The molecular formula is C9H5F3N2O2. The first-order chi connectivity index (χ1) is 7.42. The molecule has 0 radical (unpaired) electrons. The lowest BCUT2D eigenvalue weighted by Crippen LogP contribution is -2.17. The maximum Gasteiger partial charge on any atom is 0.573 e. The predicted octanol–water partition coefficient (Wildman–Crippen LogP) is 2.07. The molecule has 0 amide bonds. The second kappa shape index (κ2) is 4.59. The van der Waals surface area contributed by atoms with Crippen LogP contribution in [0.3, 0.4) is 0 Å². The predicted molar refractivity (Wildman–Crippen MR) is 47.1 cm³/mol. The van der Waals surface area contributed by atoms with Crippen LogP contribution in [0.4, 0.5) is 13.2 Å². The Morgan fingerprint density at radius 3 is 2.31 bits per heavy atom. The molecule has 1 aromatic carbocycles. The topological polar surface area (TPSA) is 62.7 Å². The molecule has 7 heteroatoms. The minimum Gasteiger partial charge on any atom is -0.406 e. The number of ether oxygens (including phenoxy) is 1. The number of alkyl halides is 3. The zero-order valence-electron chi connectivity index (χ0n) is 7.73. The molecule has 0 unspecified atom stereocenters. The van der Waals surface area contributed by atoms with E-state index in [1.165, 1.54) is 0 Å². The van der Waals surface area contributed by atoms with Crippen molar-refractivity contribution >= 4 is 12.0 Å². The van der Waals surface area contributed by atoms with Crippen LogP contribution in [0.15, 0.2) is 24.3 Å². The normalized spacial score (nSPS) is 10.4. The Bertz CT molecular complexity index is 433. The molecule has 0 aliphatic heterocycles. The Morgan fingerprint density at radius 1 is 1.31 bits per heavy atom. The molecule has 1 aromatic rings. The van der Waals surface area contributed by atoms with Crippen LogP contribution in [-0.2, 0) is 0 Å². The third-order valence-corrected chi connectivity index (χ3v) is 1.55. The molecule has 0 atom stereocenters. The minimum atomic E-state index is -4.77. The van der Waals surface area contributed by atoms with Gasteiger partial charge in [-0.2, -0.15) is 4.79 Å². The zero-order chi connectivity index (χ0) is 12.2. The smallest absolute Gasteiger partial charge is 0.406 e. The van der Waals surface area contributed by atoms with Crippen molar-refractivity contribution in [3.05, 3.63) is 35.4 Å². The van der Waals surface area contributed by atoms with Crippen LogP contribution in [0.25, 0.3) is 5.53 Å². The summed E-state index contributed by atoms with van der Waals surface area (Å²) in [7, 11) is 0. The van der Waals surface area contributed by atoms with E-state index in [1.54, 1.807) is 0 Å². The maximum atomic E-state index is 11.8. The fraction of sp³-hybridized carbons (Fsp3) is 0.111. The van der Waals surface area contributed by atoms with Gasteiger partial charge in [-0.15, -0.1) is 13.2 Å². The highest BCUT2D eigenvalue weighted by molar-refractivity contribution is 6.33. The van der Waals surface area contributed by atoms with Crippen molar-refractivity contribution in [1.29, 1.82) is 0 Å². The van der Waals surface area contributed by atoms with Gasteiger partial charge in [0.1, 0.15) is 5.75 Å². The van der Waals surface area contributed by atoms with Crippen molar-refractivity contribution in [3.63, 3.8) is 0 Å². The first-order valence-corrected chi connectivity index (χ1v) is 4.00. The molecular weight excluding hydrogens is 225 g/mol. The molecule has 0 N–H and O–H groups in total. The number of carbonyl (C=O) groups is 1. The molecule has 0 saturated heterocycles. The molecule has 16 heavy (non-hydrogen) atoms. The van der Waals surface area contributed by atoms with Gasteiger partial charge in [0.15, 0.2) is 0 Å². The molecule has 1 rings (SSSR count). The van der Waals surface area contributed by atoms with Crippen molar-refractivity contribution in [2.75, 3.05) is 0 Å². The van der Waals surface area contributed by atoms with Gasteiger partial charge in [0, 0.05) is 5.56 Å². The van der Waals surface area contributed by atoms with Crippen molar-refractivity contribution in [2.24, 2.45) is 0 Å². The molecule has 0 heterocycles. The summed E-state index contributed by atoms with van der Waals surface area (Å²) in [6.45, 7) is 0. The van der Waals surface area contributed by atoms with Gasteiger partial charge in [-0.05, 0) is 24.3 Å². The van der Waals surface area contributed by atoms with E-state index in [2.05, 4.69) is 9.53 Å². The highest BCUT2D eigenvalue weighted by Gasteiger charge is 2.31. The fourth-order valence-electron chi connectivity index (χ4n) is 0.948. The molecule has 0 fully saturated rings. The number of hydrogen-bond donors (Lipinski definition) is 0. The van der Waals surface area contributed by atoms with E-state index < -0.39 is 17.9 Å². The summed E-state index contributed by atoms with van der Waals surface area (Å²) < 4.78 is 38.9. The van der Waals surface area contributed by atoms with Crippen LogP contribution < -0.4 is 4.74 Å². The van der Waals surface area contributed by atoms with Crippen LogP contribution in [0, 0.1) is 0 Å². The summed E-state index contributed by atoms with van der Waals surface area (Å²) in [4.78, 5) is 13.6. The Kier molecular flexibility index (Phi) is 3.42. The molecule has 0 bridgehead atoms. The molecule has 0 aliphatic rings. The van der Waals surface area contributed by atoms with Crippen molar-refractivity contribution < 1.29 is 27.5 Å². The number of rotatable bonds is 3. The summed E-state index contributed by atoms with van der Waals surface area (Å²) in [6, 6.07) is 4.24. The van der Waals surface area contributed by atoms with E-state index in [1.807, 2.05) is 0 Å². The number of hydrogen-bond acceptors (Lipinski definition) is 2. The molecule has 0 aliphatic carbocycles. The largest absolute Gasteiger partial charge is 0.573 e. The minimum absolute atomic E-state index is 0.0901. The van der Waals surface area contributed by atoms with E-state index in [4.69, 9.17) is 5.53 Å². The lowest BCUT2D eigenvalue weighted by molar-refractivity contribution is -0.274. The summed E-state index contributed by atoms with van der Waals surface area (Å²) in [6.07, 6.45) is -4.13. The molecule has 0 saturated carbocycles. The Morgan fingerprint density at radius 2 is 1.88 bits per heavy atom. The van der Waals surface area contributed by atoms with Gasteiger partial charge < -0.3 is 10.3 Å². The quantitative estimate of drug-likeness (QED) is 0.345. The number of halogens is 3. The van der Waals surface area contributed by atoms with Crippen LogP contribution >= 0.6 is 0 Å². The first kappa shape index (κ1) is 11.9. The van der Waals surface area contributed by atoms with E-state index in [0.717, 1.165) is 24.3 Å². The van der Waals surface area contributed by atoms with Crippen molar-refractivity contribution in [3.8, 4) is 5.75 Å². The van der Waals surface area contributed by atoms with E-state index >= 15 is 0 Å². The van der Waals surface area contributed by atoms with Gasteiger partial charge in [0.2, 0.25) is 0 Å². The third-order valence-electron chi connectivity index (χ3n) is 1.55. The summed E-state index contributed by atoms with van der Waals surface area (Å²) in [5.41, 5.74) is 8.17. The second-order valence-corrected chi connectivity index (χ2v) is 2.68. The highest BCUT2D eigenvalue weighted by atomic mass is 19.4. The number of ketones is 1. The summed E-state index contributed by atoms with van der Waals surface area (Å²) in [5.74, 6) is -1.05. The van der Waals surface area contributed by atoms with E-state index in [-0.39, 0.29) is 5.56 Å². The van der Waals surface area contributed by atoms with Gasteiger partial charge in [0.05, 0.1) is 0 Å². The Labute approximate surface area is 87.9 Å². The molecule has 0 aromatic heterocycles. The van der Waals surface area contributed by atoms with Gasteiger partial charge in [-0.1, -0.05) is 0 Å². The van der Waals surface area contributed by atoms with Crippen LogP contribution in [0.2, 0.25) is 0 Å². The van der Waals surface area contributed by atoms with Gasteiger partial charge in [-0.3, -0.25) is 4.79 Å². The fourth-order valence-corrected chi connectivity index (χ4v) is 0.948. The van der Waals surface area contributed by atoms with Gasteiger partial charge in [-0.25, -0.2) is 0 Å². The van der Waals surface area contributed by atoms with Gasteiger partial charge >= 0.3 is 12.6 Å². The van der Waals surface area contributed by atoms with Crippen LogP contribution in [0.5, 0.6) is 5.75 Å². The SMILES string of the molecule is [N-]=[N+]=CC(=O)c1ccc(OC(F)(F)F)cc1. The first-order valence-electron chi connectivity index (χ1n) is 4.00. The lowest BCUT2D eigenvalue weighted by Gasteiger charge is -2.08. The number of Topliss-reactive ketones (excluding diaryl/α,β-unsaturated/α-hetero) is 1. The maximum absolute atomic E-state index is 11.8. The van der Waals surface area contributed by atoms with E-state index in [9.17, 15) is 18.0 Å². The Hall–Kier alpha value is -2.14. The van der Waals surface area contributed by atoms with Gasteiger partial charge in [0.25, 0.3) is 5.78 Å². The number of nitrogens with zero attached hydrogens (tertiary/aromatic N) is 2. The van der Waals surface area contributed by atoms with E-state index in [0.29, 0.717) is 6.21 Å². The third kappa shape index (κ3) is 3.55. The van der Waals surface area contributed by atoms with Crippen LogP contribution in [0.1, 0.15) is 10.4 Å². The number of carbonyl (C=O) groups excluding carboxylic acids is 1. The Balaban J connectivity index is 2.83. The monoisotopic (exact) mass is 230 g/mol. The summed E-state index contributed by atoms with van der Waals surface area (Å²) in [5, 5.41) is 0. The second-order valence-electron chi connectivity index (χ2n) is 2.68. The standard InChI is InChI=1S/C9H5F3N2O2/c10-9(11,12)16-7-3-1-6(2-4-7)8(15)5-14-13/h1-5H. The highest BCUT2D eigenvalue weighted by Crippen LogP contribution is 2.22. The number of benzene rings is 1. The van der Waals surface area contributed by atoms with Crippen molar-refractivity contribution in [2.45, 2.75) is 6.36 Å². The summed E-state index contributed by atoms with van der Waals surface area (Å²) >= 11 is 0. The molecule has 4 nitrogen and oxygen atoms in total. The van der Waals surface area contributed by atoms with Crippen molar-refractivity contribution in [1.82, 2.24) is 0 Å². The lowest BCUT2D eigenvalue weighted by atomic mass is 10.1. The molecule has 84 valence electrons. The zero-order valence-corrected chi connectivity index (χ0v) is 7.73. The van der Waals surface area contributed by atoms with Crippen LogP contribution in [-0.4, -0.2) is 23.2 Å².